The lowest BCUT2D eigenvalue weighted by Crippen LogP contribution is -2.45. The predicted molar refractivity (Wildman–Crippen MR) is 89.9 cm³/mol. The van der Waals surface area contributed by atoms with Gasteiger partial charge >= 0.3 is 0 Å². The molecule has 1 amide bonds. The highest BCUT2D eigenvalue weighted by Crippen LogP contribution is 2.27. The molecule has 0 aliphatic carbocycles. The molecule has 118 valence electrons. The van der Waals surface area contributed by atoms with Crippen LogP contribution in [0.2, 0.25) is 0 Å². The van der Waals surface area contributed by atoms with Gasteiger partial charge in [-0.1, -0.05) is 26.8 Å². The monoisotopic (exact) mass is 310 g/mol. The highest BCUT2D eigenvalue weighted by Gasteiger charge is 2.27. The molecule has 0 saturated heterocycles. The third-order valence-corrected chi connectivity index (χ3v) is 3.52. The van der Waals surface area contributed by atoms with Crippen molar-refractivity contribution in [1.29, 1.82) is 0 Å². The maximum atomic E-state index is 12.4. The smallest absolute Gasteiger partial charge is 0.251 e. The van der Waals surface area contributed by atoms with Gasteiger partial charge in [0.25, 0.3) is 5.91 Å². The first-order valence-electron chi connectivity index (χ1n) is 7.31. The van der Waals surface area contributed by atoms with Crippen LogP contribution in [0, 0.1) is 5.41 Å². The van der Waals surface area contributed by atoms with Crippen LogP contribution in [0.1, 0.15) is 62.5 Å². The lowest BCUT2D eigenvalue weighted by Gasteiger charge is -2.33. The second-order valence-corrected chi connectivity index (χ2v) is 7.66. The summed E-state index contributed by atoms with van der Waals surface area (Å²) in [7, 11) is 0. The van der Waals surface area contributed by atoms with E-state index in [-0.39, 0.29) is 29.3 Å². The number of carbonyl (C=O) groups is 1. The number of nitrogens with one attached hydrogen (secondary N) is 2. The molecule has 2 N–H and O–H groups in total. The second-order valence-electron chi connectivity index (χ2n) is 7.66. The van der Waals surface area contributed by atoms with Crippen molar-refractivity contribution >= 4 is 18.3 Å². The predicted octanol–water partition coefficient (Wildman–Crippen LogP) is 3.66. The van der Waals surface area contributed by atoms with Crippen LogP contribution in [0.3, 0.4) is 0 Å². The molecule has 4 heteroatoms. The summed E-state index contributed by atoms with van der Waals surface area (Å²) in [5.74, 6) is 0.0222. The Bertz CT molecular complexity index is 518. The minimum absolute atomic E-state index is 0. The zero-order valence-corrected chi connectivity index (χ0v) is 14.5. The molecule has 0 spiro atoms. The van der Waals surface area contributed by atoms with E-state index in [4.69, 9.17) is 0 Å². The van der Waals surface area contributed by atoms with Crippen LogP contribution in [0.15, 0.2) is 18.2 Å². The van der Waals surface area contributed by atoms with Crippen molar-refractivity contribution in [3.63, 3.8) is 0 Å². The Kier molecular flexibility index (Phi) is 5.46. The lowest BCUT2D eigenvalue weighted by atomic mass is 9.81. The first-order chi connectivity index (χ1) is 9.16. The Balaban J connectivity index is 0.00000220. The highest BCUT2D eigenvalue weighted by atomic mass is 35.5. The van der Waals surface area contributed by atoms with Gasteiger partial charge in [-0.3, -0.25) is 4.79 Å². The fraction of sp³-hybridized carbons (Fsp3) is 0.588. The molecular formula is C17H27ClN2O. The lowest BCUT2D eigenvalue weighted by molar-refractivity contribution is 0.0891. The third kappa shape index (κ3) is 5.01. The average Bonchev–Trinajstić information content (AvgIpc) is 2.71. The first-order valence-corrected chi connectivity index (χ1v) is 7.31. The van der Waals surface area contributed by atoms with E-state index in [2.05, 4.69) is 51.3 Å². The van der Waals surface area contributed by atoms with Gasteiger partial charge in [0, 0.05) is 24.2 Å². The molecule has 3 nitrogen and oxygen atoms in total. The Morgan fingerprint density at radius 3 is 2.38 bits per heavy atom. The van der Waals surface area contributed by atoms with Crippen LogP contribution >= 0.6 is 12.4 Å². The minimum Gasteiger partial charge on any atom is -0.347 e. The Morgan fingerprint density at radius 2 is 1.76 bits per heavy atom. The van der Waals surface area contributed by atoms with E-state index in [9.17, 15) is 4.79 Å². The molecule has 0 fully saturated rings. The molecule has 1 aliphatic rings. The van der Waals surface area contributed by atoms with Crippen molar-refractivity contribution in [3.8, 4) is 0 Å². The van der Waals surface area contributed by atoms with Crippen LogP contribution in [0.5, 0.6) is 0 Å². The topological polar surface area (TPSA) is 41.1 Å². The van der Waals surface area contributed by atoms with Crippen molar-refractivity contribution < 1.29 is 4.79 Å². The van der Waals surface area contributed by atoms with Gasteiger partial charge in [0.1, 0.15) is 0 Å². The summed E-state index contributed by atoms with van der Waals surface area (Å²) in [6.45, 7) is 12.5. The fourth-order valence-electron chi connectivity index (χ4n) is 3.19. The molecule has 1 aliphatic heterocycles. The van der Waals surface area contributed by atoms with E-state index in [0.29, 0.717) is 0 Å². The standard InChI is InChI=1S/C17H26N2O.ClH/c1-16(2,3)11-17(4,5)19-15(20)12-6-7-13-9-18-10-14(13)8-12;/h6-8,18H,9-11H2,1-5H3,(H,19,20);1H. The number of benzene rings is 1. The highest BCUT2D eigenvalue weighted by molar-refractivity contribution is 5.95. The average molecular weight is 311 g/mol. The SMILES string of the molecule is CC(C)(C)CC(C)(C)NC(=O)c1ccc2c(c1)CNC2.Cl. The van der Waals surface area contributed by atoms with E-state index in [1.165, 1.54) is 11.1 Å². The number of amides is 1. The molecule has 1 aromatic carbocycles. The van der Waals surface area contributed by atoms with Crippen molar-refractivity contribution in [2.45, 2.75) is 59.7 Å². The molecule has 0 bridgehead atoms. The van der Waals surface area contributed by atoms with Crippen LogP contribution in [0.4, 0.5) is 0 Å². The van der Waals surface area contributed by atoms with E-state index < -0.39 is 0 Å². The molecule has 1 aromatic rings. The number of fused-ring (bicyclic) bond motifs is 1. The zero-order chi connectivity index (χ0) is 15.0. The van der Waals surface area contributed by atoms with Crippen molar-refractivity contribution in [1.82, 2.24) is 10.6 Å². The number of halogens is 1. The molecule has 0 aromatic heterocycles. The summed E-state index contributed by atoms with van der Waals surface area (Å²) >= 11 is 0. The number of hydrogen-bond donors (Lipinski definition) is 2. The summed E-state index contributed by atoms with van der Waals surface area (Å²) < 4.78 is 0. The fourth-order valence-corrected chi connectivity index (χ4v) is 3.19. The molecule has 0 saturated carbocycles. The van der Waals surface area contributed by atoms with Gasteiger partial charge in [0.2, 0.25) is 0 Å². The van der Waals surface area contributed by atoms with Gasteiger partial charge in [-0.25, -0.2) is 0 Å². The summed E-state index contributed by atoms with van der Waals surface area (Å²) in [4.78, 5) is 12.4. The van der Waals surface area contributed by atoms with Gasteiger partial charge in [0.05, 0.1) is 0 Å². The summed E-state index contributed by atoms with van der Waals surface area (Å²) in [6, 6.07) is 5.99. The van der Waals surface area contributed by atoms with Crippen LogP contribution in [-0.2, 0) is 13.1 Å². The van der Waals surface area contributed by atoms with Gasteiger partial charge in [-0.05, 0) is 48.9 Å². The van der Waals surface area contributed by atoms with Crippen molar-refractivity contribution in [2.75, 3.05) is 0 Å². The minimum atomic E-state index is -0.202. The Hall–Kier alpha value is -1.06. The number of rotatable bonds is 3. The largest absolute Gasteiger partial charge is 0.347 e. The summed E-state index contributed by atoms with van der Waals surface area (Å²) in [5, 5.41) is 6.46. The van der Waals surface area contributed by atoms with E-state index in [1.54, 1.807) is 0 Å². The van der Waals surface area contributed by atoms with Crippen molar-refractivity contribution in [2.24, 2.45) is 5.41 Å². The van der Waals surface area contributed by atoms with Crippen LogP contribution < -0.4 is 10.6 Å². The zero-order valence-electron chi connectivity index (χ0n) is 13.7. The van der Waals surface area contributed by atoms with Crippen LogP contribution in [0.25, 0.3) is 0 Å². The molecule has 1 heterocycles. The number of carbonyl (C=O) groups excluding carboxylic acids is 1. The molecule has 2 rings (SSSR count). The van der Waals surface area contributed by atoms with Gasteiger partial charge < -0.3 is 10.6 Å². The van der Waals surface area contributed by atoms with E-state index in [0.717, 1.165) is 25.1 Å². The van der Waals surface area contributed by atoms with Crippen molar-refractivity contribution in [3.05, 3.63) is 34.9 Å². The van der Waals surface area contributed by atoms with E-state index in [1.807, 2.05) is 12.1 Å². The van der Waals surface area contributed by atoms with Gasteiger partial charge in [0.15, 0.2) is 0 Å². The summed E-state index contributed by atoms with van der Waals surface area (Å²) in [6.07, 6.45) is 0.943. The van der Waals surface area contributed by atoms with Crippen LogP contribution in [-0.4, -0.2) is 11.4 Å². The summed E-state index contributed by atoms with van der Waals surface area (Å²) in [5.41, 5.74) is 3.29. The molecule has 0 atom stereocenters. The molecular weight excluding hydrogens is 284 g/mol. The maximum Gasteiger partial charge on any atom is 0.251 e. The maximum absolute atomic E-state index is 12.4. The van der Waals surface area contributed by atoms with Gasteiger partial charge in [-0.2, -0.15) is 0 Å². The van der Waals surface area contributed by atoms with E-state index >= 15 is 0 Å². The quantitative estimate of drug-likeness (QED) is 0.894. The number of hydrogen-bond acceptors (Lipinski definition) is 2. The first kappa shape index (κ1) is 18.0. The molecule has 0 unspecified atom stereocenters. The Morgan fingerprint density at radius 1 is 1.14 bits per heavy atom. The normalized spacial score (nSPS) is 14.3. The third-order valence-electron chi connectivity index (χ3n) is 3.52. The molecule has 21 heavy (non-hydrogen) atoms. The van der Waals surface area contributed by atoms with Gasteiger partial charge in [-0.15, -0.1) is 12.4 Å². The Labute approximate surface area is 134 Å². The molecule has 0 radical (unpaired) electrons. The second kappa shape index (κ2) is 6.37.